The number of nitro groups is 1. The normalized spacial score (nSPS) is 20.6. The molecular formula is C17H19N9O6S2. The molecule has 0 saturated carbocycles. The molecule has 0 radical (unpaired) electrons. The summed E-state index contributed by atoms with van der Waals surface area (Å²) in [6.45, 7) is 3.09. The fourth-order valence-corrected chi connectivity index (χ4v) is 5.96. The van der Waals surface area contributed by atoms with Crippen LogP contribution in [0.4, 0.5) is 5.82 Å². The Morgan fingerprint density at radius 3 is 2.79 bits per heavy atom. The number of thioether (sulfide) groups is 2. The van der Waals surface area contributed by atoms with Gasteiger partial charge in [-0.1, -0.05) is 11.8 Å². The first kappa shape index (κ1) is 23.7. The predicted octanol–water partition coefficient (Wildman–Crippen LogP) is -0.285. The average Bonchev–Trinajstić information content (AvgIpc) is 3.39. The van der Waals surface area contributed by atoms with Crippen LogP contribution < -0.4 is 5.32 Å². The molecule has 3 unspecified atom stereocenters. The molecule has 1 fully saturated rings. The van der Waals surface area contributed by atoms with Crippen LogP contribution in [0, 0.1) is 17.0 Å². The van der Waals surface area contributed by atoms with Crippen molar-refractivity contribution < 1.29 is 24.4 Å². The molecule has 2 aliphatic heterocycles. The van der Waals surface area contributed by atoms with Crippen molar-refractivity contribution in [1.29, 1.82) is 0 Å². The van der Waals surface area contributed by atoms with Crippen LogP contribution in [-0.2, 0) is 21.4 Å². The number of amides is 2. The smallest absolute Gasteiger partial charge is 0.390 e. The Morgan fingerprint density at radius 2 is 2.21 bits per heavy atom. The Morgan fingerprint density at radius 1 is 1.47 bits per heavy atom. The minimum atomic E-state index is -1.23. The molecule has 2 N–H and O–H groups in total. The molecule has 1 saturated heterocycles. The van der Waals surface area contributed by atoms with Gasteiger partial charge in [-0.2, -0.15) is 4.68 Å². The lowest BCUT2D eigenvalue weighted by Crippen LogP contribution is -2.71. The van der Waals surface area contributed by atoms with Gasteiger partial charge in [-0.05, 0) is 34.8 Å². The van der Waals surface area contributed by atoms with Crippen molar-refractivity contribution in [2.45, 2.75) is 36.5 Å². The van der Waals surface area contributed by atoms with Crippen LogP contribution in [0.15, 0.2) is 22.5 Å². The van der Waals surface area contributed by atoms with Gasteiger partial charge in [-0.25, -0.2) is 9.48 Å². The van der Waals surface area contributed by atoms with E-state index in [0.29, 0.717) is 22.2 Å². The monoisotopic (exact) mass is 509 g/mol. The van der Waals surface area contributed by atoms with Crippen molar-refractivity contribution in [1.82, 2.24) is 40.2 Å². The van der Waals surface area contributed by atoms with E-state index in [4.69, 9.17) is 0 Å². The zero-order chi connectivity index (χ0) is 24.7. The second-order valence-corrected chi connectivity index (χ2v) is 9.60. The average molecular weight is 510 g/mol. The Hall–Kier alpha value is -3.47. The second-order valence-electron chi connectivity index (χ2n) is 7.55. The molecule has 3 atom stereocenters. The fourth-order valence-electron chi connectivity index (χ4n) is 3.63. The van der Waals surface area contributed by atoms with E-state index in [0.717, 1.165) is 0 Å². The topological polar surface area (TPSA) is 191 Å². The predicted molar refractivity (Wildman–Crippen MR) is 118 cm³/mol. The molecule has 0 aliphatic carbocycles. The number of carbonyl (C=O) groups is 3. The van der Waals surface area contributed by atoms with E-state index in [2.05, 4.69) is 25.9 Å². The summed E-state index contributed by atoms with van der Waals surface area (Å²) < 4.78 is 2.67. The molecule has 17 heteroatoms. The van der Waals surface area contributed by atoms with E-state index < -0.39 is 40.2 Å². The van der Waals surface area contributed by atoms with Crippen molar-refractivity contribution in [3.05, 3.63) is 33.1 Å². The van der Waals surface area contributed by atoms with Crippen LogP contribution in [0.1, 0.15) is 18.7 Å². The van der Waals surface area contributed by atoms with Gasteiger partial charge in [0.15, 0.2) is 0 Å². The van der Waals surface area contributed by atoms with Gasteiger partial charge in [0.25, 0.3) is 5.91 Å². The summed E-state index contributed by atoms with van der Waals surface area (Å²) in [5.74, 6) is -2.09. The zero-order valence-corrected chi connectivity index (χ0v) is 19.7. The summed E-state index contributed by atoms with van der Waals surface area (Å²) in [6.07, 6.45) is 0. The van der Waals surface area contributed by atoms with E-state index >= 15 is 0 Å². The molecule has 2 aromatic heterocycles. The summed E-state index contributed by atoms with van der Waals surface area (Å²) in [6, 6.07) is -0.583. The number of carboxylic acids is 1. The Bertz CT molecular complexity index is 1220. The second kappa shape index (κ2) is 9.05. The lowest BCUT2D eigenvalue weighted by atomic mass is 10.0. The van der Waals surface area contributed by atoms with Gasteiger partial charge in [-0.3, -0.25) is 14.5 Å². The standard InChI is InChI=1S/C17H19N9O6S2/c1-7-4-10(26(31)32)20-25(7)8(2)13(27)18-11-14(28)24-12(16(29)30)9(5-33-15(11)24)6-34-17-19-21-22-23(17)3/h4,8,11,15H,5-6H2,1-3H3,(H,18,27)(H,29,30). The lowest BCUT2D eigenvalue weighted by Gasteiger charge is -2.49. The number of carboxylic acid groups (broad SMARTS) is 1. The maximum atomic E-state index is 12.8. The quantitative estimate of drug-likeness (QED) is 0.205. The number of rotatable bonds is 8. The molecular weight excluding hydrogens is 490 g/mol. The van der Waals surface area contributed by atoms with Crippen molar-refractivity contribution in [2.75, 3.05) is 11.5 Å². The molecule has 2 aliphatic rings. The number of nitrogens with one attached hydrogen (secondary N) is 1. The number of carbonyl (C=O) groups excluding carboxylic acids is 2. The molecule has 4 rings (SSSR count). The highest BCUT2D eigenvalue weighted by Gasteiger charge is 2.54. The first-order valence-corrected chi connectivity index (χ1v) is 11.9. The first-order chi connectivity index (χ1) is 16.1. The molecule has 180 valence electrons. The van der Waals surface area contributed by atoms with Crippen LogP contribution in [0.3, 0.4) is 0 Å². The van der Waals surface area contributed by atoms with Gasteiger partial charge < -0.3 is 20.5 Å². The molecule has 4 heterocycles. The van der Waals surface area contributed by atoms with Crippen molar-refractivity contribution in [3.8, 4) is 0 Å². The third-order valence-electron chi connectivity index (χ3n) is 5.35. The maximum Gasteiger partial charge on any atom is 0.390 e. The van der Waals surface area contributed by atoms with Crippen LogP contribution >= 0.6 is 23.5 Å². The lowest BCUT2D eigenvalue weighted by molar-refractivity contribution is -0.389. The van der Waals surface area contributed by atoms with Gasteiger partial charge in [0, 0.05) is 18.6 Å². The third-order valence-corrected chi connectivity index (χ3v) is 7.78. The summed E-state index contributed by atoms with van der Waals surface area (Å²) in [5.41, 5.74) is 0.862. The molecule has 0 bridgehead atoms. The van der Waals surface area contributed by atoms with Crippen molar-refractivity contribution >= 4 is 47.1 Å². The van der Waals surface area contributed by atoms with E-state index in [9.17, 15) is 29.6 Å². The van der Waals surface area contributed by atoms with E-state index in [1.54, 1.807) is 14.0 Å². The molecule has 2 aromatic rings. The number of aryl methyl sites for hydroxylation is 2. The van der Waals surface area contributed by atoms with Crippen LogP contribution in [0.2, 0.25) is 0 Å². The maximum absolute atomic E-state index is 12.8. The van der Waals surface area contributed by atoms with E-state index in [-0.39, 0.29) is 17.3 Å². The van der Waals surface area contributed by atoms with Crippen LogP contribution in [0.25, 0.3) is 0 Å². The Kier molecular flexibility index (Phi) is 6.30. The molecule has 15 nitrogen and oxygen atoms in total. The fraction of sp³-hybridized carbons (Fsp3) is 0.471. The number of hydrogen-bond acceptors (Lipinski definition) is 11. The summed E-state index contributed by atoms with van der Waals surface area (Å²) in [7, 11) is 1.66. The molecule has 34 heavy (non-hydrogen) atoms. The number of tetrazole rings is 1. The molecule has 0 aromatic carbocycles. The number of hydrogen-bond donors (Lipinski definition) is 2. The van der Waals surface area contributed by atoms with Gasteiger partial charge >= 0.3 is 11.8 Å². The number of β-lactam (4-membered cyclic amide) rings is 1. The van der Waals surface area contributed by atoms with Gasteiger partial charge in [0.2, 0.25) is 11.1 Å². The highest BCUT2D eigenvalue weighted by atomic mass is 32.2. The van der Waals surface area contributed by atoms with Crippen molar-refractivity contribution in [3.63, 3.8) is 0 Å². The van der Waals surface area contributed by atoms with Gasteiger partial charge in [-0.15, -0.1) is 16.9 Å². The number of fused-ring (bicyclic) bond motifs is 1. The summed E-state index contributed by atoms with van der Waals surface area (Å²) >= 11 is 2.60. The third kappa shape index (κ3) is 4.11. The Balaban J connectivity index is 1.46. The largest absolute Gasteiger partial charge is 0.477 e. The van der Waals surface area contributed by atoms with E-state index in [1.807, 2.05) is 0 Å². The van der Waals surface area contributed by atoms with E-state index in [1.165, 1.54) is 50.8 Å². The van der Waals surface area contributed by atoms with Crippen LogP contribution in [0.5, 0.6) is 0 Å². The van der Waals surface area contributed by atoms with Gasteiger partial charge in [0.1, 0.15) is 23.2 Å². The highest BCUT2D eigenvalue weighted by Crippen LogP contribution is 2.41. The molecule has 0 spiro atoms. The highest BCUT2D eigenvalue weighted by molar-refractivity contribution is 8.01. The number of aromatic nitrogens is 6. The summed E-state index contributed by atoms with van der Waals surface area (Å²) in [5, 5.41) is 38.2. The number of aliphatic carboxylic acids is 1. The van der Waals surface area contributed by atoms with Gasteiger partial charge in [0.05, 0.1) is 16.9 Å². The SMILES string of the molecule is Cc1cc([N+](=O)[O-])nn1C(C)C(=O)NC1C(=O)N2C(C(=O)O)=C(CSc3nnnn3C)CSC12. The zero-order valence-electron chi connectivity index (χ0n) is 18.1. The van der Waals surface area contributed by atoms with Crippen LogP contribution in [-0.4, -0.2) is 85.6 Å². The summed E-state index contributed by atoms with van der Waals surface area (Å²) in [4.78, 5) is 49.1. The first-order valence-electron chi connectivity index (χ1n) is 9.86. The minimum Gasteiger partial charge on any atom is -0.477 e. The number of nitrogens with zero attached hydrogens (tertiary/aromatic N) is 8. The molecule has 2 amide bonds. The Labute approximate surface area is 200 Å². The van der Waals surface area contributed by atoms with Crippen molar-refractivity contribution in [2.24, 2.45) is 7.05 Å². The minimum absolute atomic E-state index is 0.103.